The minimum Gasteiger partial charge on any atom is -0.477 e. The molecule has 0 atom stereocenters. The number of nitrogens with one attached hydrogen (secondary N) is 1. The number of aromatic nitrogens is 2. The van der Waals surface area contributed by atoms with Crippen molar-refractivity contribution in [3.63, 3.8) is 0 Å². The van der Waals surface area contributed by atoms with E-state index < -0.39 is 5.97 Å². The maximum Gasteiger partial charge on any atom is 0.353 e. The highest BCUT2D eigenvalue weighted by Crippen LogP contribution is 2.44. The number of fused-ring (bicyclic) bond motifs is 1. The van der Waals surface area contributed by atoms with Crippen LogP contribution < -0.4 is 9.47 Å². The average Bonchev–Trinajstić information content (AvgIpc) is 2.95. The number of ether oxygens (including phenoxy) is 2. The van der Waals surface area contributed by atoms with Gasteiger partial charge in [0.05, 0.1) is 11.3 Å². The Morgan fingerprint density at radius 2 is 2.28 bits per heavy atom. The predicted octanol–water partition coefficient (Wildman–Crippen LogP) is 2.27. The summed E-state index contributed by atoms with van der Waals surface area (Å²) in [5.41, 5.74) is 1.18. The first-order valence-corrected chi connectivity index (χ1v) is 5.83. The third-order valence-electron chi connectivity index (χ3n) is 2.55. The summed E-state index contributed by atoms with van der Waals surface area (Å²) in [6, 6.07) is 5.03. The van der Waals surface area contributed by atoms with Crippen LogP contribution in [0.5, 0.6) is 11.5 Å². The normalized spacial score (nSPS) is 12.7. The van der Waals surface area contributed by atoms with E-state index in [-0.39, 0.29) is 12.5 Å². The molecule has 0 unspecified atom stereocenters. The Bertz CT molecular complexity index is 638. The van der Waals surface area contributed by atoms with Gasteiger partial charge < -0.3 is 14.6 Å². The lowest BCUT2D eigenvalue weighted by Crippen LogP contribution is -1.95. The van der Waals surface area contributed by atoms with Crippen molar-refractivity contribution in [2.45, 2.75) is 0 Å². The lowest BCUT2D eigenvalue weighted by Gasteiger charge is -2.05. The molecule has 3 rings (SSSR count). The predicted molar refractivity (Wildman–Crippen MR) is 64.8 cm³/mol. The van der Waals surface area contributed by atoms with Crippen molar-refractivity contribution in [3.8, 4) is 22.8 Å². The van der Waals surface area contributed by atoms with E-state index in [4.69, 9.17) is 14.6 Å². The Morgan fingerprint density at radius 3 is 3.00 bits per heavy atom. The van der Waals surface area contributed by atoms with E-state index in [1.165, 1.54) is 6.07 Å². The number of hydrogen-bond donors (Lipinski definition) is 2. The largest absolute Gasteiger partial charge is 0.477 e. The number of halogens is 1. The maximum absolute atomic E-state index is 10.8. The number of benzene rings is 1. The zero-order valence-electron chi connectivity index (χ0n) is 8.94. The van der Waals surface area contributed by atoms with Crippen molar-refractivity contribution >= 4 is 21.9 Å². The number of nitrogens with zero attached hydrogens (tertiary/aromatic N) is 1. The molecule has 2 aromatic rings. The second kappa shape index (κ2) is 4.02. The van der Waals surface area contributed by atoms with Crippen LogP contribution in [0, 0.1) is 0 Å². The first-order chi connectivity index (χ1) is 8.66. The van der Waals surface area contributed by atoms with Gasteiger partial charge >= 0.3 is 5.97 Å². The Kier molecular flexibility index (Phi) is 2.48. The SMILES string of the molecule is O=C(O)c1cc(-c2c(Br)ccc3c2OCO3)n[nH]1. The molecule has 0 spiro atoms. The van der Waals surface area contributed by atoms with Crippen molar-refractivity contribution in [1.82, 2.24) is 10.2 Å². The molecule has 2 N–H and O–H groups in total. The molecule has 2 heterocycles. The van der Waals surface area contributed by atoms with Gasteiger partial charge in [0.2, 0.25) is 6.79 Å². The lowest BCUT2D eigenvalue weighted by atomic mass is 10.1. The van der Waals surface area contributed by atoms with Crippen molar-refractivity contribution in [1.29, 1.82) is 0 Å². The summed E-state index contributed by atoms with van der Waals surface area (Å²) in [5.74, 6) is 0.121. The van der Waals surface area contributed by atoms with Gasteiger partial charge in [0.1, 0.15) is 5.69 Å². The number of rotatable bonds is 2. The molecule has 0 amide bonds. The summed E-state index contributed by atoms with van der Waals surface area (Å²) in [6.45, 7) is 0.148. The molecule has 0 bridgehead atoms. The molecular formula is C11H7BrN2O4. The van der Waals surface area contributed by atoms with Gasteiger partial charge in [-0.2, -0.15) is 5.10 Å². The Labute approximate surface area is 110 Å². The number of carboxylic acid groups (broad SMARTS) is 1. The smallest absolute Gasteiger partial charge is 0.353 e. The van der Waals surface area contributed by atoms with Gasteiger partial charge in [0, 0.05) is 4.47 Å². The van der Waals surface area contributed by atoms with Crippen LogP contribution in [0.15, 0.2) is 22.7 Å². The fraction of sp³-hybridized carbons (Fsp3) is 0.0909. The van der Waals surface area contributed by atoms with Crippen molar-refractivity contribution in [2.75, 3.05) is 6.79 Å². The Hall–Kier alpha value is -2.02. The maximum atomic E-state index is 10.8. The zero-order valence-corrected chi connectivity index (χ0v) is 10.5. The summed E-state index contributed by atoms with van der Waals surface area (Å²) in [4.78, 5) is 10.8. The fourth-order valence-corrected chi connectivity index (χ4v) is 2.26. The number of H-pyrrole nitrogens is 1. The number of aromatic amines is 1. The highest BCUT2D eigenvalue weighted by Gasteiger charge is 2.23. The van der Waals surface area contributed by atoms with E-state index in [1.807, 2.05) is 0 Å². The average molecular weight is 311 g/mol. The van der Waals surface area contributed by atoms with Gasteiger partial charge in [-0.05, 0) is 34.1 Å². The Morgan fingerprint density at radius 1 is 1.44 bits per heavy atom. The number of carbonyl (C=O) groups is 1. The second-order valence-corrected chi connectivity index (χ2v) is 4.48. The summed E-state index contributed by atoms with van der Waals surface area (Å²) in [6.07, 6.45) is 0. The van der Waals surface area contributed by atoms with Crippen molar-refractivity contribution < 1.29 is 19.4 Å². The molecule has 0 aliphatic carbocycles. The topological polar surface area (TPSA) is 84.4 Å². The molecule has 6 nitrogen and oxygen atoms in total. The van der Waals surface area contributed by atoms with E-state index in [2.05, 4.69) is 26.1 Å². The number of aromatic carboxylic acids is 1. The molecule has 1 aromatic heterocycles. The quantitative estimate of drug-likeness (QED) is 0.889. The van der Waals surface area contributed by atoms with Gasteiger partial charge in [0.25, 0.3) is 0 Å². The number of hydrogen-bond acceptors (Lipinski definition) is 4. The summed E-state index contributed by atoms with van der Waals surface area (Å²) < 4.78 is 11.4. The summed E-state index contributed by atoms with van der Waals surface area (Å²) >= 11 is 3.40. The molecule has 18 heavy (non-hydrogen) atoms. The van der Waals surface area contributed by atoms with Gasteiger partial charge in [-0.3, -0.25) is 5.10 Å². The van der Waals surface area contributed by atoms with E-state index in [0.717, 1.165) is 4.47 Å². The van der Waals surface area contributed by atoms with Crippen molar-refractivity contribution in [2.24, 2.45) is 0 Å². The van der Waals surface area contributed by atoms with Gasteiger partial charge in [-0.15, -0.1) is 0 Å². The van der Waals surface area contributed by atoms with Gasteiger partial charge in [0.15, 0.2) is 11.5 Å². The van der Waals surface area contributed by atoms with Crippen LogP contribution in [0.4, 0.5) is 0 Å². The minimum absolute atomic E-state index is 0.0217. The van der Waals surface area contributed by atoms with Crippen LogP contribution in [0.1, 0.15) is 10.5 Å². The molecule has 92 valence electrons. The summed E-state index contributed by atoms with van der Waals surface area (Å²) in [7, 11) is 0. The number of carboxylic acids is 1. The lowest BCUT2D eigenvalue weighted by molar-refractivity contribution is 0.0690. The van der Waals surface area contributed by atoms with E-state index in [0.29, 0.717) is 22.8 Å². The molecule has 1 aromatic carbocycles. The van der Waals surface area contributed by atoms with Gasteiger partial charge in [-0.1, -0.05) is 0 Å². The van der Waals surface area contributed by atoms with E-state index >= 15 is 0 Å². The first kappa shape index (κ1) is 11.1. The third-order valence-corrected chi connectivity index (χ3v) is 3.21. The summed E-state index contributed by atoms with van der Waals surface area (Å²) in [5, 5.41) is 15.3. The van der Waals surface area contributed by atoms with E-state index in [1.54, 1.807) is 12.1 Å². The van der Waals surface area contributed by atoms with Crippen LogP contribution in [-0.4, -0.2) is 28.1 Å². The third kappa shape index (κ3) is 1.63. The van der Waals surface area contributed by atoms with Gasteiger partial charge in [-0.25, -0.2) is 4.79 Å². The van der Waals surface area contributed by atoms with E-state index in [9.17, 15) is 4.79 Å². The first-order valence-electron chi connectivity index (χ1n) is 5.04. The fourth-order valence-electron chi connectivity index (χ4n) is 1.75. The molecule has 0 saturated heterocycles. The minimum atomic E-state index is -1.06. The van der Waals surface area contributed by atoms with Crippen LogP contribution >= 0.6 is 15.9 Å². The molecule has 0 fully saturated rings. The van der Waals surface area contributed by atoms with Crippen molar-refractivity contribution in [3.05, 3.63) is 28.4 Å². The van der Waals surface area contributed by atoms with Crippen LogP contribution in [0.25, 0.3) is 11.3 Å². The van der Waals surface area contributed by atoms with Crippen LogP contribution in [0.2, 0.25) is 0 Å². The highest BCUT2D eigenvalue weighted by molar-refractivity contribution is 9.10. The monoisotopic (exact) mass is 310 g/mol. The standard InChI is InChI=1S/C11H7BrN2O4/c12-5-1-2-8-10(18-4-17-8)9(5)6-3-7(11(15)16)14-13-6/h1-3H,4H2,(H,13,14)(H,15,16). The molecule has 1 aliphatic heterocycles. The molecular weight excluding hydrogens is 304 g/mol. The molecule has 0 saturated carbocycles. The highest BCUT2D eigenvalue weighted by atomic mass is 79.9. The second-order valence-electron chi connectivity index (χ2n) is 3.63. The Balaban J connectivity index is 2.16. The molecule has 1 aliphatic rings. The zero-order chi connectivity index (χ0) is 12.7. The van der Waals surface area contributed by atoms with Crippen LogP contribution in [0.3, 0.4) is 0 Å². The molecule has 7 heteroatoms. The molecule has 0 radical (unpaired) electrons. The van der Waals surface area contributed by atoms with Crippen LogP contribution in [-0.2, 0) is 0 Å².